The minimum atomic E-state index is -4.77. The summed E-state index contributed by atoms with van der Waals surface area (Å²) in [5, 5.41) is 3.51. The second kappa shape index (κ2) is 10.5. The van der Waals surface area contributed by atoms with E-state index >= 15 is 0 Å². The van der Waals surface area contributed by atoms with Crippen LogP contribution in [0.25, 0.3) is 11.1 Å². The first-order valence-electron chi connectivity index (χ1n) is 11.5. The van der Waals surface area contributed by atoms with Crippen molar-refractivity contribution in [3.8, 4) is 11.5 Å². The van der Waals surface area contributed by atoms with Crippen LogP contribution in [-0.2, 0) is 13.1 Å². The number of hydrogen-bond acceptors (Lipinski definition) is 7. The van der Waals surface area contributed by atoms with Crippen LogP contribution in [0.2, 0.25) is 0 Å². The Morgan fingerprint density at radius 3 is 2.68 bits per heavy atom. The predicted octanol–water partition coefficient (Wildman–Crippen LogP) is 4.37. The molecule has 3 heterocycles. The minimum Gasteiger partial charge on any atom is -0.497 e. The number of anilines is 1. The number of halogens is 3. The van der Waals surface area contributed by atoms with Crippen LogP contribution >= 0.6 is 34.4 Å². The van der Waals surface area contributed by atoms with Gasteiger partial charge in [-0.15, -0.1) is 24.5 Å². The van der Waals surface area contributed by atoms with Crippen LogP contribution in [0.3, 0.4) is 0 Å². The molecule has 1 aliphatic rings. The monoisotopic (exact) mass is 578 g/mol. The first-order valence-corrected chi connectivity index (χ1v) is 14.1. The number of fused-ring (bicyclic) bond motifs is 1. The summed E-state index contributed by atoms with van der Waals surface area (Å²) in [5.74, 6) is 0.518. The second-order valence-corrected chi connectivity index (χ2v) is 11.3. The Labute approximate surface area is 228 Å². The highest BCUT2D eigenvalue weighted by Crippen LogP contribution is 2.46. The van der Waals surface area contributed by atoms with Gasteiger partial charge in [-0.1, -0.05) is 35.2 Å². The highest BCUT2D eigenvalue weighted by Gasteiger charge is 2.32. The molecule has 0 aliphatic carbocycles. The van der Waals surface area contributed by atoms with Gasteiger partial charge in [0.05, 0.1) is 29.8 Å². The fourth-order valence-corrected chi connectivity index (χ4v) is 7.48. The molecule has 0 atom stereocenters. The molecule has 0 N–H and O–H groups in total. The van der Waals surface area contributed by atoms with Crippen molar-refractivity contribution in [2.75, 3.05) is 19.1 Å². The number of hydrogen-bond donors (Lipinski definition) is 0. The molecular formula is C26H23F3N3O3S3+. The van der Waals surface area contributed by atoms with Gasteiger partial charge < -0.3 is 14.4 Å². The van der Waals surface area contributed by atoms with Gasteiger partial charge in [0, 0.05) is 18.5 Å². The maximum Gasteiger partial charge on any atom is 0.573 e. The van der Waals surface area contributed by atoms with E-state index in [1.807, 2.05) is 59.3 Å². The van der Waals surface area contributed by atoms with Crippen LogP contribution in [0.1, 0.15) is 17.5 Å². The minimum absolute atomic E-state index is 0.0788. The standard InChI is InChI=1S/C26H23F3N3O3S3/c1-4-32-22(38-23(24(32)33)25-30(2)18-10-9-17(34-3)13-20(18)37-25)14-21-31(11-12-36-21)15-16-7-5-6-8-19(16)35-26(27,28)29/h5-14H,4,15H2,1-3H3/q+1/b25-23+. The molecule has 5 rings (SSSR count). The molecular weight excluding hydrogens is 555 g/mol. The summed E-state index contributed by atoms with van der Waals surface area (Å²) in [6.45, 7) is 2.58. The number of ether oxygens (including phenoxy) is 2. The number of aromatic nitrogens is 2. The van der Waals surface area contributed by atoms with Crippen LogP contribution in [0.5, 0.6) is 11.5 Å². The molecule has 0 fully saturated rings. The SMILES string of the molecule is CCn1c(=O)/c(=C2\Sc3cc(OC)ccc3N2C)s/c1=C\c1scc[n+]1Cc1ccccc1OC(F)(F)F. The molecule has 0 saturated carbocycles. The molecule has 0 amide bonds. The summed E-state index contributed by atoms with van der Waals surface area (Å²) >= 11 is 4.37. The van der Waals surface area contributed by atoms with E-state index in [1.165, 1.54) is 46.6 Å². The average molecular weight is 579 g/mol. The van der Waals surface area contributed by atoms with E-state index in [2.05, 4.69) is 4.74 Å². The van der Waals surface area contributed by atoms with Crippen molar-refractivity contribution in [2.24, 2.45) is 0 Å². The first-order chi connectivity index (χ1) is 18.2. The summed E-state index contributed by atoms with van der Waals surface area (Å²) in [4.78, 5) is 16.5. The Morgan fingerprint density at radius 1 is 1.16 bits per heavy atom. The van der Waals surface area contributed by atoms with Crippen molar-refractivity contribution < 1.29 is 27.2 Å². The third kappa shape index (κ3) is 5.20. The number of para-hydroxylation sites is 1. The molecule has 12 heteroatoms. The lowest BCUT2D eigenvalue weighted by Crippen LogP contribution is -2.36. The molecule has 38 heavy (non-hydrogen) atoms. The van der Waals surface area contributed by atoms with Crippen molar-refractivity contribution >= 4 is 51.2 Å². The first kappa shape index (κ1) is 26.4. The summed E-state index contributed by atoms with van der Waals surface area (Å²) in [7, 11) is 3.56. The lowest BCUT2D eigenvalue weighted by atomic mass is 10.2. The van der Waals surface area contributed by atoms with Crippen LogP contribution in [-0.4, -0.2) is 25.1 Å². The van der Waals surface area contributed by atoms with Crippen LogP contribution in [0.4, 0.5) is 18.9 Å². The Hall–Kier alpha value is -3.22. The van der Waals surface area contributed by atoms with Gasteiger partial charge in [0.1, 0.15) is 25.7 Å². The van der Waals surface area contributed by atoms with Crippen LogP contribution in [0, 0.1) is 0 Å². The molecule has 198 valence electrons. The van der Waals surface area contributed by atoms with E-state index in [4.69, 9.17) is 4.74 Å². The number of alkyl halides is 3. The number of methoxy groups -OCH3 is 1. The molecule has 6 nitrogen and oxygen atoms in total. The fraction of sp³-hybridized carbons (Fsp3) is 0.231. The zero-order valence-electron chi connectivity index (χ0n) is 20.6. The molecule has 2 aromatic carbocycles. The lowest BCUT2D eigenvalue weighted by Gasteiger charge is -2.12. The third-order valence-electron chi connectivity index (χ3n) is 5.96. The highest BCUT2D eigenvalue weighted by molar-refractivity contribution is 8.08. The lowest BCUT2D eigenvalue weighted by molar-refractivity contribution is -0.685. The molecule has 4 aromatic rings. The maximum atomic E-state index is 13.5. The van der Waals surface area contributed by atoms with Gasteiger partial charge >= 0.3 is 6.36 Å². The number of nitrogens with zero attached hydrogens (tertiary/aromatic N) is 3. The second-order valence-electron chi connectivity index (χ2n) is 8.29. The highest BCUT2D eigenvalue weighted by atomic mass is 32.2. The van der Waals surface area contributed by atoms with E-state index in [-0.39, 0.29) is 17.9 Å². The van der Waals surface area contributed by atoms with Gasteiger partial charge in [-0.2, -0.15) is 4.57 Å². The fourth-order valence-electron chi connectivity index (χ4n) is 4.14. The van der Waals surface area contributed by atoms with E-state index in [0.717, 1.165) is 31.0 Å². The van der Waals surface area contributed by atoms with Crippen molar-refractivity contribution in [3.63, 3.8) is 0 Å². The topological polar surface area (TPSA) is 47.6 Å². The zero-order chi connectivity index (χ0) is 27.0. The van der Waals surface area contributed by atoms with E-state index < -0.39 is 6.36 Å². The summed E-state index contributed by atoms with van der Waals surface area (Å²) in [6.07, 6.45) is -1.06. The van der Waals surface area contributed by atoms with Gasteiger partial charge in [-0.05, 0) is 37.3 Å². The normalized spacial score (nSPS) is 15.2. The molecule has 0 unspecified atom stereocenters. The number of thiazole rings is 2. The van der Waals surface area contributed by atoms with Crippen LogP contribution < -0.4 is 33.7 Å². The Morgan fingerprint density at radius 2 is 1.95 bits per heavy atom. The van der Waals surface area contributed by atoms with E-state index in [9.17, 15) is 18.0 Å². The largest absolute Gasteiger partial charge is 0.573 e. The van der Waals surface area contributed by atoms with Crippen LogP contribution in [0.15, 0.2) is 63.7 Å². The quantitative estimate of drug-likeness (QED) is 0.318. The Bertz CT molecular complexity index is 1670. The van der Waals surface area contributed by atoms with E-state index in [0.29, 0.717) is 16.6 Å². The van der Waals surface area contributed by atoms with Gasteiger partial charge in [0.25, 0.3) is 10.6 Å². The summed E-state index contributed by atoms with van der Waals surface area (Å²) in [5.41, 5.74) is 1.32. The maximum absolute atomic E-state index is 13.5. The molecule has 0 saturated heterocycles. The number of rotatable bonds is 6. The molecule has 0 spiro atoms. The smallest absolute Gasteiger partial charge is 0.497 e. The van der Waals surface area contributed by atoms with Gasteiger partial charge in [0.2, 0.25) is 0 Å². The Balaban J connectivity index is 1.55. The van der Waals surface area contributed by atoms with Crippen molar-refractivity contribution in [2.45, 2.75) is 31.3 Å². The Kier molecular flexibility index (Phi) is 7.30. The van der Waals surface area contributed by atoms with Gasteiger partial charge in [-0.3, -0.25) is 9.36 Å². The van der Waals surface area contributed by atoms with Gasteiger partial charge in [-0.25, -0.2) is 0 Å². The summed E-state index contributed by atoms with van der Waals surface area (Å²) in [6, 6.07) is 11.9. The van der Waals surface area contributed by atoms with Crippen molar-refractivity contribution in [1.82, 2.24) is 4.57 Å². The number of benzene rings is 2. The predicted molar refractivity (Wildman–Crippen MR) is 144 cm³/mol. The summed E-state index contributed by atoms with van der Waals surface area (Å²) < 4.78 is 53.2. The molecule has 2 aromatic heterocycles. The van der Waals surface area contributed by atoms with Crippen molar-refractivity contribution in [1.29, 1.82) is 0 Å². The van der Waals surface area contributed by atoms with Crippen molar-refractivity contribution in [3.05, 3.63) is 84.2 Å². The molecule has 0 radical (unpaired) electrons. The van der Waals surface area contributed by atoms with E-state index in [1.54, 1.807) is 23.8 Å². The molecule has 0 bridgehead atoms. The average Bonchev–Trinajstić information content (AvgIpc) is 3.54. The number of thioether (sulfide) groups is 1. The molecule has 1 aliphatic heterocycles. The zero-order valence-corrected chi connectivity index (χ0v) is 23.1. The third-order valence-corrected chi connectivity index (χ3v) is 9.28. The van der Waals surface area contributed by atoms with Gasteiger partial charge in [0.15, 0.2) is 12.7 Å².